The highest BCUT2D eigenvalue weighted by Gasteiger charge is 2.50. The molecule has 1 aliphatic rings. The van der Waals surface area contributed by atoms with Crippen LogP contribution in [0.25, 0.3) is 0 Å². The molecule has 0 aliphatic carbocycles. The molecule has 1 atom stereocenters. The Morgan fingerprint density at radius 2 is 1.83 bits per heavy atom. The van der Waals surface area contributed by atoms with Crippen molar-refractivity contribution >= 4 is 17.6 Å². The van der Waals surface area contributed by atoms with Gasteiger partial charge in [-0.05, 0) is 36.4 Å². The lowest BCUT2D eigenvalue weighted by Crippen LogP contribution is -2.31. The first kappa shape index (κ1) is 18.8. The molecule has 2 aromatic carbocycles. The summed E-state index contributed by atoms with van der Waals surface area (Å²) in [6, 6.07) is 16.7. The Kier molecular flexibility index (Phi) is 4.42. The summed E-state index contributed by atoms with van der Waals surface area (Å²) in [6.45, 7) is 1.36. The van der Waals surface area contributed by atoms with Crippen molar-refractivity contribution in [2.45, 2.75) is 12.5 Å². The van der Waals surface area contributed by atoms with Gasteiger partial charge in [0.15, 0.2) is 0 Å². The Balaban J connectivity index is 1.93. The molecule has 148 valence electrons. The SMILES string of the molecule is CC(=O)Oc1ccc(C2(c3cccn3C)OC(=O)c3cc(N(C)C)ccc32)cc1. The maximum atomic E-state index is 12.9. The number of rotatable bonds is 4. The minimum Gasteiger partial charge on any atom is -0.439 e. The van der Waals surface area contributed by atoms with Crippen LogP contribution in [0.15, 0.2) is 60.8 Å². The molecule has 0 fully saturated rings. The predicted molar refractivity (Wildman–Crippen MR) is 109 cm³/mol. The van der Waals surface area contributed by atoms with E-state index in [1.807, 2.05) is 79.3 Å². The fourth-order valence-corrected chi connectivity index (χ4v) is 3.84. The molecule has 0 bridgehead atoms. The number of fused-ring (bicyclic) bond motifs is 1. The van der Waals surface area contributed by atoms with E-state index in [0.717, 1.165) is 22.5 Å². The fraction of sp³-hybridized carbons (Fsp3) is 0.217. The van der Waals surface area contributed by atoms with Crippen LogP contribution in [0.4, 0.5) is 5.69 Å². The Hall–Kier alpha value is -3.54. The van der Waals surface area contributed by atoms with Crippen LogP contribution in [0.5, 0.6) is 5.75 Å². The largest absolute Gasteiger partial charge is 0.439 e. The van der Waals surface area contributed by atoms with Crippen LogP contribution in [0.1, 0.15) is 34.1 Å². The van der Waals surface area contributed by atoms with E-state index in [-0.39, 0.29) is 11.9 Å². The number of aromatic nitrogens is 1. The van der Waals surface area contributed by atoms with Crippen LogP contribution in [-0.4, -0.2) is 30.6 Å². The van der Waals surface area contributed by atoms with E-state index in [1.54, 1.807) is 12.1 Å². The van der Waals surface area contributed by atoms with Gasteiger partial charge in [-0.15, -0.1) is 0 Å². The van der Waals surface area contributed by atoms with Gasteiger partial charge in [0.2, 0.25) is 5.60 Å². The quantitative estimate of drug-likeness (QED) is 0.504. The van der Waals surface area contributed by atoms with Gasteiger partial charge in [0.1, 0.15) is 5.75 Å². The molecule has 3 aromatic rings. The molecule has 0 amide bonds. The van der Waals surface area contributed by atoms with Gasteiger partial charge in [-0.2, -0.15) is 0 Å². The third-order valence-corrected chi connectivity index (χ3v) is 5.19. The molecular formula is C23H22N2O4. The summed E-state index contributed by atoms with van der Waals surface area (Å²) in [5.74, 6) is -0.312. The van der Waals surface area contributed by atoms with Gasteiger partial charge in [-0.1, -0.05) is 18.2 Å². The molecule has 0 radical (unpaired) electrons. The molecule has 0 N–H and O–H groups in total. The molecule has 29 heavy (non-hydrogen) atoms. The van der Waals surface area contributed by atoms with Gasteiger partial charge < -0.3 is 18.9 Å². The zero-order valence-electron chi connectivity index (χ0n) is 16.8. The van der Waals surface area contributed by atoms with Crippen molar-refractivity contribution in [3.63, 3.8) is 0 Å². The lowest BCUT2D eigenvalue weighted by atomic mass is 9.82. The van der Waals surface area contributed by atoms with E-state index in [2.05, 4.69) is 0 Å². The van der Waals surface area contributed by atoms with Gasteiger partial charge in [0.05, 0.1) is 11.3 Å². The number of aryl methyl sites for hydroxylation is 1. The maximum absolute atomic E-state index is 12.9. The second kappa shape index (κ2) is 6.81. The minimum absolute atomic E-state index is 0.367. The number of benzene rings is 2. The number of hydrogen-bond acceptors (Lipinski definition) is 5. The summed E-state index contributed by atoms with van der Waals surface area (Å²) < 4.78 is 13.2. The summed E-state index contributed by atoms with van der Waals surface area (Å²) in [4.78, 5) is 26.1. The maximum Gasteiger partial charge on any atom is 0.340 e. The molecular weight excluding hydrogens is 368 g/mol. The molecule has 6 heteroatoms. The minimum atomic E-state index is -1.08. The molecule has 0 saturated carbocycles. The van der Waals surface area contributed by atoms with E-state index in [0.29, 0.717) is 11.3 Å². The van der Waals surface area contributed by atoms with Gasteiger partial charge in [0.25, 0.3) is 0 Å². The van der Waals surface area contributed by atoms with Crippen molar-refractivity contribution in [2.75, 3.05) is 19.0 Å². The highest BCUT2D eigenvalue weighted by atomic mass is 16.6. The van der Waals surface area contributed by atoms with Crippen LogP contribution in [-0.2, 0) is 22.2 Å². The number of anilines is 1. The first-order chi connectivity index (χ1) is 13.8. The smallest absolute Gasteiger partial charge is 0.340 e. The van der Waals surface area contributed by atoms with E-state index in [4.69, 9.17) is 9.47 Å². The molecule has 1 unspecified atom stereocenters. The number of carbonyl (C=O) groups excluding carboxylic acids is 2. The van der Waals surface area contributed by atoms with Crippen molar-refractivity contribution in [3.05, 3.63) is 83.2 Å². The van der Waals surface area contributed by atoms with Crippen LogP contribution < -0.4 is 9.64 Å². The predicted octanol–water partition coefficient (Wildman–Crippen LogP) is 3.48. The van der Waals surface area contributed by atoms with Crippen LogP contribution in [0.3, 0.4) is 0 Å². The second-order valence-electron chi connectivity index (χ2n) is 7.32. The van der Waals surface area contributed by atoms with Crippen LogP contribution in [0.2, 0.25) is 0 Å². The van der Waals surface area contributed by atoms with E-state index in [9.17, 15) is 9.59 Å². The third kappa shape index (κ3) is 2.97. The third-order valence-electron chi connectivity index (χ3n) is 5.19. The Morgan fingerprint density at radius 3 is 2.41 bits per heavy atom. The highest BCUT2D eigenvalue weighted by molar-refractivity contribution is 5.97. The van der Waals surface area contributed by atoms with Crippen molar-refractivity contribution in [1.82, 2.24) is 4.57 Å². The number of hydrogen-bond donors (Lipinski definition) is 0. The highest BCUT2D eigenvalue weighted by Crippen LogP contribution is 2.47. The summed E-state index contributed by atoms with van der Waals surface area (Å²) in [6.07, 6.45) is 1.92. The number of ether oxygens (including phenoxy) is 2. The Labute approximate surface area is 169 Å². The summed E-state index contributed by atoms with van der Waals surface area (Å²) in [5, 5.41) is 0. The lowest BCUT2D eigenvalue weighted by molar-refractivity contribution is -0.131. The molecule has 0 spiro atoms. The summed E-state index contributed by atoms with van der Waals surface area (Å²) >= 11 is 0. The van der Waals surface area contributed by atoms with Gasteiger partial charge in [0, 0.05) is 51.1 Å². The van der Waals surface area contributed by atoms with Crippen molar-refractivity contribution in [3.8, 4) is 5.75 Å². The topological polar surface area (TPSA) is 60.8 Å². The standard InChI is InChI=1S/C23H22N2O4/c1-15(26)28-18-10-7-16(8-11-18)23(21-6-5-13-25(21)4)20-12-9-17(24(2)3)14-19(20)22(27)29-23/h5-14H,1-4H3. The van der Waals surface area contributed by atoms with Gasteiger partial charge in [-0.25, -0.2) is 4.79 Å². The monoisotopic (exact) mass is 390 g/mol. The van der Waals surface area contributed by atoms with E-state index in [1.165, 1.54) is 6.92 Å². The Bertz CT molecular complexity index is 1100. The van der Waals surface area contributed by atoms with Crippen LogP contribution in [0, 0.1) is 0 Å². The molecule has 1 aliphatic heterocycles. The number of carbonyl (C=O) groups is 2. The Morgan fingerprint density at radius 1 is 1.10 bits per heavy atom. The molecule has 4 rings (SSSR count). The summed E-state index contributed by atoms with van der Waals surface area (Å²) in [5.41, 5.74) is 2.79. The van der Waals surface area contributed by atoms with E-state index >= 15 is 0 Å². The first-order valence-electron chi connectivity index (χ1n) is 9.29. The molecule has 6 nitrogen and oxygen atoms in total. The first-order valence-corrected chi connectivity index (χ1v) is 9.29. The van der Waals surface area contributed by atoms with E-state index < -0.39 is 5.60 Å². The van der Waals surface area contributed by atoms with Crippen LogP contribution >= 0.6 is 0 Å². The zero-order valence-corrected chi connectivity index (χ0v) is 16.8. The number of cyclic esters (lactones) is 1. The van der Waals surface area contributed by atoms with Gasteiger partial charge >= 0.3 is 11.9 Å². The number of nitrogens with zero attached hydrogens (tertiary/aromatic N) is 2. The average molecular weight is 390 g/mol. The molecule has 0 saturated heterocycles. The van der Waals surface area contributed by atoms with Gasteiger partial charge in [-0.3, -0.25) is 4.79 Å². The van der Waals surface area contributed by atoms with Crippen molar-refractivity contribution < 1.29 is 19.1 Å². The number of esters is 2. The normalized spacial score (nSPS) is 17.6. The average Bonchev–Trinajstić information content (AvgIpc) is 3.23. The van der Waals surface area contributed by atoms with Crippen molar-refractivity contribution in [1.29, 1.82) is 0 Å². The second-order valence-corrected chi connectivity index (χ2v) is 7.32. The molecule has 1 aromatic heterocycles. The fourth-order valence-electron chi connectivity index (χ4n) is 3.84. The van der Waals surface area contributed by atoms with Crippen molar-refractivity contribution in [2.24, 2.45) is 7.05 Å². The lowest BCUT2D eigenvalue weighted by Gasteiger charge is -2.30. The zero-order chi connectivity index (χ0) is 20.8. The summed E-state index contributed by atoms with van der Waals surface area (Å²) in [7, 11) is 5.78. The molecule has 2 heterocycles.